The molecule has 2 aromatic rings. The smallest absolute Gasteiger partial charge is 0.145 e. The highest BCUT2D eigenvalue weighted by Gasteiger charge is 2.22. The Morgan fingerprint density at radius 2 is 1.86 bits per heavy atom. The number of hydrogen-bond acceptors (Lipinski definition) is 2. The van der Waals surface area contributed by atoms with Crippen molar-refractivity contribution in [3.63, 3.8) is 0 Å². The lowest BCUT2D eigenvalue weighted by Gasteiger charge is -2.21. The molecule has 5 heteroatoms. The summed E-state index contributed by atoms with van der Waals surface area (Å²) < 4.78 is 28.7. The topological polar surface area (TPSA) is 15.3 Å². The second-order valence-electron chi connectivity index (χ2n) is 4.97. The molecule has 0 amide bonds. The summed E-state index contributed by atoms with van der Waals surface area (Å²) >= 11 is 3.11. The molecule has 1 unspecified atom stereocenters. The fourth-order valence-electron chi connectivity index (χ4n) is 2.27. The highest BCUT2D eigenvalue weighted by Crippen LogP contribution is 2.31. The van der Waals surface area contributed by atoms with Crippen molar-refractivity contribution >= 4 is 21.6 Å². The van der Waals surface area contributed by atoms with E-state index < -0.39 is 17.7 Å². The van der Waals surface area contributed by atoms with Crippen LogP contribution < -0.4 is 10.2 Å². The summed E-state index contributed by atoms with van der Waals surface area (Å²) in [5, 5.41) is 2.99. The van der Waals surface area contributed by atoms with E-state index in [2.05, 4.69) is 21.2 Å². The maximum Gasteiger partial charge on any atom is 0.145 e. The highest BCUT2D eigenvalue weighted by molar-refractivity contribution is 9.10. The van der Waals surface area contributed by atoms with Gasteiger partial charge in [-0.2, -0.15) is 0 Å². The molecular formula is C16H17BrF2N2. The van der Waals surface area contributed by atoms with E-state index in [1.807, 2.05) is 43.3 Å². The van der Waals surface area contributed by atoms with E-state index in [1.165, 1.54) is 12.1 Å². The van der Waals surface area contributed by atoms with E-state index in [4.69, 9.17) is 0 Å². The summed E-state index contributed by atoms with van der Waals surface area (Å²) in [5.41, 5.74) is 1.80. The van der Waals surface area contributed by atoms with Crippen molar-refractivity contribution in [2.24, 2.45) is 0 Å². The molecule has 0 aliphatic carbocycles. The molecule has 0 heterocycles. The van der Waals surface area contributed by atoms with E-state index in [0.717, 1.165) is 11.3 Å². The maximum absolute atomic E-state index is 14.3. The SMILES string of the molecule is CNC(c1cccc(N(C)C)c1)c1c(F)ccc(Br)c1F. The van der Waals surface area contributed by atoms with Gasteiger partial charge in [-0.05, 0) is 52.8 Å². The molecule has 0 aromatic heterocycles. The van der Waals surface area contributed by atoms with Gasteiger partial charge < -0.3 is 10.2 Å². The highest BCUT2D eigenvalue weighted by atomic mass is 79.9. The molecule has 0 bridgehead atoms. The number of nitrogens with zero attached hydrogens (tertiary/aromatic N) is 1. The van der Waals surface area contributed by atoms with Crippen molar-refractivity contribution < 1.29 is 8.78 Å². The predicted molar refractivity (Wildman–Crippen MR) is 85.7 cm³/mol. The minimum atomic E-state index is -0.579. The monoisotopic (exact) mass is 354 g/mol. The predicted octanol–water partition coefficient (Wildman–Crippen LogP) is 4.10. The van der Waals surface area contributed by atoms with Crippen LogP contribution in [0.15, 0.2) is 40.9 Å². The number of halogens is 3. The molecule has 0 spiro atoms. The number of nitrogens with one attached hydrogen (secondary N) is 1. The van der Waals surface area contributed by atoms with Crippen LogP contribution in [0.1, 0.15) is 17.2 Å². The van der Waals surface area contributed by atoms with Crippen LogP contribution in [-0.4, -0.2) is 21.1 Å². The van der Waals surface area contributed by atoms with Gasteiger partial charge in [0.2, 0.25) is 0 Å². The first kappa shape index (κ1) is 15.9. The van der Waals surface area contributed by atoms with Crippen LogP contribution in [0.2, 0.25) is 0 Å². The Balaban J connectivity index is 2.55. The minimum absolute atomic E-state index is 0.0165. The third-order valence-electron chi connectivity index (χ3n) is 3.38. The van der Waals surface area contributed by atoms with Crippen molar-refractivity contribution in [2.45, 2.75) is 6.04 Å². The fourth-order valence-corrected chi connectivity index (χ4v) is 2.61. The summed E-state index contributed by atoms with van der Waals surface area (Å²) in [6.07, 6.45) is 0. The second kappa shape index (κ2) is 6.54. The average Bonchev–Trinajstić information content (AvgIpc) is 2.47. The molecule has 1 atom stereocenters. The second-order valence-corrected chi connectivity index (χ2v) is 5.82. The summed E-state index contributed by atoms with van der Waals surface area (Å²) in [7, 11) is 5.54. The van der Waals surface area contributed by atoms with Gasteiger partial charge in [0.1, 0.15) is 11.6 Å². The summed E-state index contributed by atoms with van der Waals surface area (Å²) in [4.78, 5) is 1.95. The molecule has 112 valence electrons. The van der Waals surface area contributed by atoms with Crippen LogP contribution in [0.25, 0.3) is 0 Å². The molecule has 0 aliphatic rings. The van der Waals surface area contributed by atoms with E-state index >= 15 is 0 Å². The third-order valence-corrected chi connectivity index (χ3v) is 3.99. The third kappa shape index (κ3) is 3.24. The number of benzene rings is 2. The molecule has 1 N–H and O–H groups in total. The minimum Gasteiger partial charge on any atom is -0.378 e. The van der Waals surface area contributed by atoms with E-state index in [9.17, 15) is 8.78 Å². The van der Waals surface area contributed by atoms with Crippen LogP contribution in [-0.2, 0) is 0 Å². The molecule has 2 nitrogen and oxygen atoms in total. The van der Waals surface area contributed by atoms with Crippen LogP contribution >= 0.6 is 15.9 Å². The molecule has 2 aromatic carbocycles. The van der Waals surface area contributed by atoms with Gasteiger partial charge in [0.05, 0.1) is 10.5 Å². The molecule has 0 saturated heterocycles. The Kier molecular flexibility index (Phi) is 4.96. The van der Waals surface area contributed by atoms with Crippen LogP contribution in [0, 0.1) is 11.6 Å². The van der Waals surface area contributed by atoms with Crippen LogP contribution in [0.3, 0.4) is 0 Å². The Hall–Kier alpha value is -1.46. The van der Waals surface area contributed by atoms with E-state index in [1.54, 1.807) is 7.05 Å². The molecule has 2 rings (SSSR count). The van der Waals surface area contributed by atoms with Gasteiger partial charge in [0.15, 0.2) is 0 Å². The summed E-state index contributed by atoms with van der Waals surface area (Å²) in [5.74, 6) is -1.14. The molecule has 0 aliphatic heterocycles. The Labute approximate surface area is 131 Å². The largest absolute Gasteiger partial charge is 0.378 e. The van der Waals surface area contributed by atoms with Gasteiger partial charge in [0, 0.05) is 25.3 Å². The zero-order chi connectivity index (χ0) is 15.6. The van der Waals surface area contributed by atoms with Gasteiger partial charge in [-0.15, -0.1) is 0 Å². The molecular weight excluding hydrogens is 338 g/mol. The standard InChI is InChI=1S/C16H17BrF2N2/c1-20-16(10-5-4-6-11(9-10)21(2)3)14-13(18)8-7-12(17)15(14)19/h4-9,16,20H,1-3H3. The normalized spacial score (nSPS) is 12.3. The van der Waals surface area contributed by atoms with Crippen LogP contribution in [0.5, 0.6) is 0 Å². The lowest BCUT2D eigenvalue weighted by atomic mass is 9.97. The average molecular weight is 355 g/mol. The zero-order valence-electron chi connectivity index (χ0n) is 12.1. The van der Waals surface area contributed by atoms with Crippen molar-refractivity contribution in [3.8, 4) is 0 Å². The number of anilines is 1. The summed E-state index contributed by atoms with van der Waals surface area (Å²) in [6.45, 7) is 0. The number of rotatable bonds is 4. The Morgan fingerprint density at radius 3 is 2.48 bits per heavy atom. The molecule has 0 radical (unpaired) electrons. The molecule has 0 fully saturated rings. The van der Waals surface area contributed by atoms with Crippen LogP contribution in [0.4, 0.5) is 14.5 Å². The quantitative estimate of drug-likeness (QED) is 0.831. The lowest BCUT2D eigenvalue weighted by Crippen LogP contribution is -2.21. The van der Waals surface area contributed by atoms with Crippen molar-refractivity contribution in [1.82, 2.24) is 5.32 Å². The lowest BCUT2D eigenvalue weighted by molar-refractivity contribution is 0.518. The summed E-state index contributed by atoms with van der Waals surface area (Å²) in [6, 6.07) is 9.68. The van der Waals surface area contributed by atoms with Gasteiger partial charge in [0.25, 0.3) is 0 Å². The first-order valence-corrected chi connectivity index (χ1v) is 7.33. The Bertz CT molecular complexity index is 644. The van der Waals surface area contributed by atoms with Gasteiger partial charge in [-0.3, -0.25) is 0 Å². The molecule has 21 heavy (non-hydrogen) atoms. The first-order valence-electron chi connectivity index (χ1n) is 6.53. The number of hydrogen-bond donors (Lipinski definition) is 1. The van der Waals surface area contributed by atoms with Crippen molar-refractivity contribution in [1.29, 1.82) is 0 Å². The van der Waals surface area contributed by atoms with Crippen molar-refractivity contribution in [3.05, 3.63) is 63.6 Å². The van der Waals surface area contributed by atoms with Crippen molar-refractivity contribution in [2.75, 3.05) is 26.0 Å². The van der Waals surface area contributed by atoms with E-state index in [-0.39, 0.29) is 10.0 Å². The zero-order valence-corrected chi connectivity index (χ0v) is 13.7. The first-order chi connectivity index (χ1) is 9.95. The van der Waals surface area contributed by atoms with Gasteiger partial charge in [-0.1, -0.05) is 12.1 Å². The van der Waals surface area contributed by atoms with Gasteiger partial charge in [-0.25, -0.2) is 8.78 Å². The van der Waals surface area contributed by atoms with E-state index in [0.29, 0.717) is 0 Å². The fraction of sp³-hybridized carbons (Fsp3) is 0.250. The maximum atomic E-state index is 14.3. The molecule has 0 saturated carbocycles. The van der Waals surface area contributed by atoms with Gasteiger partial charge >= 0.3 is 0 Å². The Morgan fingerprint density at radius 1 is 1.14 bits per heavy atom.